The SMILES string of the molecule is O=C(O)c1ccc2c(C(=O)O)nn(Cc3ccc(Cl)cc3F)c2c1. The normalized spacial score (nSPS) is 10.9. The molecule has 0 aliphatic rings. The third-order valence-corrected chi connectivity index (χ3v) is 3.77. The summed E-state index contributed by atoms with van der Waals surface area (Å²) in [4.78, 5) is 22.5. The van der Waals surface area contributed by atoms with Crippen LogP contribution in [0.25, 0.3) is 10.9 Å². The first-order valence-corrected chi connectivity index (χ1v) is 7.15. The van der Waals surface area contributed by atoms with Crippen LogP contribution in [0, 0.1) is 5.82 Å². The molecular formula is C16H10ClFN2O4. The van der Waals surface area contributed by atoms with Gasteiger partial charge in [0.05, 0.1) is 17.6 Å². The molecule has 24 heavy (non-hydrogen) atoms. The minimum Gasteiger partial charge on any atom is -0.478 e. The van der Waals surface area contributed by atoms with Crippen molar-refractivity contribution in [2.24, 2.45) is 0 Å². The molecule has 0 unspecified atom stereocenters. The van der Waals surface area contributed by atoms with Gasteiger partial charge in [0, 0.05) is 16.0 Å². The zero-order valence-electron chi connectivity index (χ0n) is 12.0. The fourth-order valence-electron chi connectivity index (χ4n) is 2.40. The highest BCUT2D eigenvalue weighted by Gasteiger charge is 2.18. The molecule has 6 nitrogen and oxygen atoms in total. The Morgan fingerprint density at radius 3 is 2.50 bits per heavy atom. The number of hydrogen-bond donors (Lipinski definition) is 2. The summed E-state index contributed by atoms with van der Waals surface area (Å²) < 4.78 is 15.2. The summed E-state index contributed by atoms with van der Waals surface area (Å²) >= 11 is 5.71. The molecule has 8 heteroatoms. The summed E-state index contributed by atoms with van der Waals surface area (Å²) in [5.74, 6) is -2.96. The number of rotatable bonds is 4. The van der Waals surface area contributed by atoms with E-state index < -0.39 is 17.8 Å². The van der Waals surface area contributed by atoms with E-state index in [4.69, 9.17) is 16.7 Å². The monoisotopic (exact) mass is 348 g/mol. The van der Waals surface area contributed by atoms with E-state index >= 15 is 0 Å². The van der Waals surface area contributed by atoms with Crippen LogP contribution in [0.15, 0.2) is 36.4 Å². The molecule has 3 aromatic rings. The summed E-state index contributed by atoms with van der Waals surface area (Å²) in [5, 5.41) is 22.8. The number of carboxylic acids is 2. The minimum atomic E-state index is -1.25. The number of hydrogen-bond acceptors (Lipinski definition) is 3. The van der Waals surface area contributed by atoms with Crippen LogP contribution in [-0.2, 0) is 6.54 Å². The second kappa shape index (κ2) is 5.93. The Morgan fingerprint density at radius 2 is 1.88 bits per heavy atom. The van der Waals surface area contributed by atoms with Gasteiger partial charge in [-0.3, -0.25) is 4.68 Å². The molecule has 0 saturated heterocycles. The summed E-state index contributed by atoms with van der Waals surface area (Å²) in [7, 11) is 0. The Labute approximate surface area is 139 Å². The highest BCUT2D eigenvalue weighted by Crippen LogP contribution is 2.23. The van der Waals surface area contributed by atoms with Crippen molar-refractivity contribution in [2.45, 2.75) is 6.54 Å². The lowest BCUT2D eigenvalue weighted by Gasteiger charge is -2.06. The third-order valence-electron chi connectivity index (χ3n) is 3.54. The molecule has 0 fully saturated rings. The molecule has 122 valence electrons. The van der Waals surface area contributed by atoms with Crippen LogP contribution in [-0.4, -0.2) is 31.9 Å². The first-order chi connectivity index (χ1) is 11.4. The maximum absolute atomic E-state index is 14.0. The topological polar surface area (TPSA) is 92.4 Å². The predicted molar refractivity (Wildman–Crippen MR) is 84.2 cm³/mol. The van der Waals surface area contributed by atoms with Crippen molar-refractivity contribution in [1.29, 1.82) is 0 Å². The molecule has 2 aromatic carbocycles. The Bertz CT molecular complexity index is 984. The van der Waals surface area contributed by atoms with E-state index in [0.29, 0.717) is 5.52 Å². The van der Waals surface area contributed by atoms with Crippen LogP contribution in [0.5, 0.6) is 0 Å². The minimum absolute atomic E-state index is 0.0165. The number of nitrogens with zero attached hydrogens (tertiary/aromatic N) is 2. The lowest BCUT2D eigenvalue weighted by Crippen LogP contribution is -2.06. The van der Waals surface area contributed by atoms with Crippen LogP contribution < -0.4 is 0 Å². The van der Waals surface area contributed by atoms with Crippen molar-refractivity contribution in [1.82, 2.24) is 9.78 Å². The summed E-state index contributed by atoms with van der Waals surface area (Å²) in [6, 6.07) is 8.10. The van der Waals surface area contributed by atoms with E-state index in [2.05, 4.69) is 5.10 Å². The van der Waals surface area contributed by atoms with Crippen molar-refractivity contribution in [3.63, 3.8) is 0 Å². The maximum Gasteiger partial charge on any atom is 0.357 e. The lowest BCUT2D eigenvalue weighted by molar-refractivity contribution is 0.0683. The van der Waals surface area contributed by atoms with Crippen LogP contribution in [0.4, 0.5) is 4.39 Å². The van der Waals surface area contributed by atoms with Gasteiger partial charge in [0.25, 0.3) is 0 Å². The Balaban J connectivity index is 2.16. The molecule has 0 bridgehead atoms. The van der Waals surface area contributed by atoms with E-state index in [1.807, 2.05) is 0 Å². The maximum atomic E-state index is 14.0. The van der Waals surface area contributed by atoms with Crippen molar-refractivity contribution >= 4 is 34.4 Å². The zero-order valence-corrected chi connectivity index (χ0v) is 12.8. The second-order valence-electron chi connectivity index (χ2n) is 5.08. The number of benzene rings is 2. The van der Waals surface area contributed by atoms with Crippen molar-refractivity contribution < 1.29 is 24.2 Å². The summed E-state index contributed by atoms with van der Waals surface area (Å²) in [5.41, 5.74) is 0.302. The third kappa shape index (κ3) is 2.81. The Kier molecular flexibility index (Phi) is 3.94. The molecule has 0 aliphatic carbocycles. The van der Waals surface area contributed by atoms with E-state index in [9.17, 15) is 19.1 Å². The number of carboxylic acid groups (broad SMARTS) is 2. The molecular weight excluding hydrogens is 339 g/mol. The number of fused-ring (bicyclic) bond motifs is 1. The van der Waals surface area contributed by atoms with Gasteiger partial charge in [-0.2, -0.15) is 5.10 Å². The molecule has 0 atom stereocenters. The molecule has 0 saturated carbocycles. The highest BCUT2D eigenvalue weighted by atomic mass is 35.5. The van der Waals surface area contributed by atoms with E-state index in [-0.39, 0.29) is 33.8 Å². The first kappa shape index (κ1) is 15.9. The van der Waals surface area contributed by atoms with Gasteiger partial charge in [-0.15, -0.1) is 0 Å². The molecule has 0 aliphatic heterocycles. The average molecular weight is 349 g/mol. The van der Waals surface area contributed by atoms with Gasteiger partial charge >= 0.3 is 11.9 Å². The van der Waals surface area contributed by atoms with Gasteiger partial charge in [-0.1, -0.05) is 17.7 Å². The van der Waals surface area contributed by atoms with Crippen molar-refractivity contribution in [3.05, 3.63) is 64.1 Å². The lowest BCUT2D eigenvalue weighted by atomic mass is 10.1. The molecule has 1 aromatic heterocycles. The highest BCUT2D eigenvalue weighted by molar-refractivity contribution is 6.30. The summed E-state index contributed by atoms with van der Waals surface area (Å²) in [6.07, 6.45) is 0. The van der Waals surface area contributed by atoms with Gasteiger partial charge in [-0.25, -0.2) is 14.0 Å². The smallest absolute Gasteiger partial charge is 0.357 e. The molecule has 2 N–H and O–H groups in total. The Hall–Kier alpha value is -2.93. The van der Waals surface area contributed by atoms with Gasteiger partial charge in [0.1, 0.15) is 5.82 Å². The second-order valence-corrected chi connectivity index (χ2v) is 5.52. The van der Waals surface area contributed by atoms with Gasteiger partial charge in [0.2, 0.25) is 0 Å². The standard InChI is InChI=1S/C16H10ClFN2O4/c17-10-3-1-9(12(18)6-10)7-20-13-5-8(15(21)22)2-4-11(13)14(19-20)16(23)24/h1-6H,7H2,(H,21,22)(H,23,24). The zero-order chi connectivity index (χ0) is 17.4. The number of halogens is 2. The summed E-state index contributed by atoms with van der Waals surface area (Å²) in [6.45, 7) is -0.0597. The van der Waals surface area contributed by atoms with E-state index in [1.165, 1.54) is 35.0 Å². The fraction of sp³-hybridized carbons (Fsp3) is 0.0625. The van der Waals surface area contributed by atoms with Gasteiger partial charge in [-0.05, 0) is 30.3 Å². The van der Waals surface area contributed by atoms with Crippen LogP contribution in [0.1, 0.15) is 26.4 Å². The molecule has 0 spiro atoms. The van der Waals surface area contributed by atoms with E-state index in [1.54, 1.807) is 0 Å². The largest absolute Gasteiger partial charge is 0.478 e. The number of aromatic nitrogens is 2. The number of aromatic carboxylic acids is 2. The van der Waals surface area contributed by atoms with E-state index in [0.717, 1.165) is 6.07 Å². The van der Waals surface area contributed by atoms with Gasteiger partial charge in [0.15, 0.2) is 5.69 Å². The molecule has 3 rings (SSSR count). The van der Waals surface area contributed by atoms with Crippen molar-refractivity contribution in [2.75, 3.05) is 0 Å². The van der Waals surface area contributed by atoms with Crippen LogP contribution in [0.2, 0.25) is 5.02 Å². The average Bonchev–Trinajstić information content (AvgIpc) is 2.88. The van der Waals surface area contributed by atoms with Crippen molar-refractivity contribution in [3.8, 4) is 0 Å². The first-order valence-electron chi connectivity index (χ1n) is 6.78. The quantitative estimate of drug-likeness (QED) is 0.754. The molecule has 1 heterocycles. The fourth-order valence-corrected chi connectivity index (χ4v) is 2.56. The molecule has 0 radical (unpaired) electrons. The van der Waals surface area contributed by atoms with Gasteiger partial charge < -0.3 is 10.2 Å². The molecule has 0 amide bonds. The van der Waals surface area contributed by atoms with Crippen LogP contribution in [0.3, 0.4) is 0 Å². The Morgan fingerprint density at radius 1 is 1.12 bits per heavy atom. The number of carbonyl (C=O) groups is 2. The predicted octanol–water partition coefficient (Wildman–Crippen LogP) is 3.27. The van der Waals surface area contributed by atoms with Crippen LogP contribution >= 0.6 is 11.6 Å².